The number of phenols is 1. The van der Waals surface area contributed by atoms with Gasteiger partial charge in [-0.2, -0.15) is 0 Å². The predicted molar refractivity (Wildman–Crippen MR) is 92.7 cm³/mol. The topological polar surface area (TPSA) is 20.2 Å². The van der Waals surface area contributed by atoms with Crippen LogP contribution in [0.2, 0.25) is 10.0 Å². The van der Waals surface area contributed by atoms with Crippen LogP contribution in [0.3, 0.4) is 0 Å². The van der Waals surface area contributed by atoms with Crippen molar-refractivity contribution >= 4 is 54.4 Å². The van der Waals surface area contributed by atoms with Gasteiger partial charge in [0.1, 0.15) is 12.0 Å². The summed E-state index contributed by atoms with van der Waals surface area (Å²) in [6, 6.07) is 11.2. The van der Waals surface area contributed by atoms with Crippen molar-refractivity contribution < 1.29 is 22.0 Å². The molecule has 0 radical (unpaired) electrons. The fourth-order valence-electron chi connectivity index (χ4n) is 1.81. The molecule has 0 spiro atoms. The van der Waals surface area contributed by atoms with E-state index in [4.69, 9.17) is 23.2 Å². The Bertz CT molecular complexity index is 756. The van der Waals surface area contributed by atoms with E-state index in [1.807, 2.05) is 36.6 Å². The number of halogens is 8. The van der Waals surface area contributed by atoms with Crippen molar-refractivity contribution in [2.24, 2.45) is 0 Å². The summed E-state index contributed by atoms with van der Waals surface area (Å²) in [6.45, 7) is 0. The molecule has 2 aromatic carbocycles. The van der Waals surface area contributed by atoms with Crippen LogP contribution in [0.5, 0.6) is 5.75 Å². The first-order valence-corrected chi connectivity index (χ1v) is 14.4. The Hall–Kier alpha value is -0.432. The second-order valence-corrected chi connectivity index (χ2v) is 12.0. The van der Waals surface area contributed by atoms with Crippen molar-refractivity contribution in [2.75, 3.05) is 6.26 Å². The van der Waals surface area contributed by atoms with Gasteiger partial charge in [0.05, 0.1) is 5.02 Å². The maximum absolute atomic E-state index is 11.2. The number of hydrogen-bond acceptors (Lipinski definition) is 1. The molecule has 0 bridgehead atoms. The van der Waals surface area contributed by atoms with Gasteiger partial charge in [0, 0.05) is 28.8 Å². The van der Waals surface area contributed by atoms with Crippen molar-refractivity contribution in [2.45, 2.75) is 11.3 Å². The van der Waals surface area contributed by atoms with Crippen LogP contribution < -0.4 is 0 Å². The maximum atomic E-state index is 9.93. The van der Waals surface area contributed by atoms with Crippen LogP contribution in [0.4, 0.5) is 16.9 Å². The molecule has 0 fully saturated rings. The zero-order chi connectivity index (χ0) is 19.5. The summed E-state index contributed by atoms with van der Waals surface area (Å²) in [5.74, 6) is 0.117. The molecule has 0 aliphatic carbocycles. The van der Waals surface area contributed by atoms with E-state index in [0.717, 1.165) is 32.8 Å². The molecule has 0 heterocycles. The van der Waals surface area contributed by atoms with Gasteiger partial charge in [0.25, 0.3) is 0 Å². The number of thiol groups is 1. The molecule has 0 amide bonds. The van der Waals surface area contributed by atoms with E-state index in [-0.39, 0.29) is 5.75 Å². The fourth-order valence-corrected chi connectivity index (χ4v) is 2.99. The van der Waals surface area contributed by atoms with E-state index in [1.165, 1.54) is 0 Å². The molecule has 25 heavy (non-hydrogen) atoms. The SMILES string of the molecule is C[SH+]c1ccc(O)c(Cl)c1Cc1ccccc1Cl.[F][Sb-]([F])([F])([F])([F])[F]. The van der Waals surface area contributed by atoms with Crippen molar-refractivity contribution in [1.29, 1.82) is 0 Å². The zero-order valence-electron chi connectivity index (χ0n) is 12.5. The van der Waals surface area contributed by atoms with E-state index in [2.05, 4.69) is 0 Å². The Labute approximate surface area is 156 Å². The normalized spacial score (nSPS) is 14.1. The molecule has 0 aliphatic heterocycles. The molecular formula is C14H13Cl2F6OSSb. The number of rotatable bonds is 3. The molecule has 142 valence electrons. The molecule has 0 saturated heterocycles. The third-order valence-electron chi connectivity index (χ3n) is 2.76. The monoisotopic (exact) mass is 534 g/mol. The van der Waals surface area contributed by atoms with Crippen LogP contribution in [0.25, 0.3) is 0 Å². The fraction of sp³-hybridized carbons (Fsp3) is 0.143. The molecule has 11 heteroatoms. The van der Waals surface area contributed by atoms with Crippen molar-refractivity contribution in [3.8, 4) is 5.75 Å². The summed E-state index contributed by atoms with van der Waals surface area (Å²) in [7, 11) is 0. The van der Waals surface area contributed by atoms with E-state index < -0.39 is 19.5 Å². The van der Waals surface area contributed by atoms with Crippen molar-refractivity contribution in [3.05, 3.63) is 57.6 Å². The first kappa shape index (κ1) is 22.6. The van der Waals surface area contributed by atoms with Crippen LogP contribution in [0, 0.1) is 0 Å². The second-order valence-electron chi connectivity index (χ2n) is 4.85. The Morgan fingerprint density at radius 1 is 0.960 bits per heavy atom. The van der Waals surface area contributed by atoms with Gasteiger partial charge in [0.15, 0.2) is 4.90 Å². The van der Waals surface area contributed by atoms with Crippen molar-refractivity contribution in [1.82, 2.24) is 0 Å². The molecule has 2 rings (SSSR count). The molecule has 1 N–H and O–H groups in total. The van der Waals surface area contributed by atoms with Gasteiger partial charge in [-0.1, -0.05) is 41.4 Å². The van der Waals surface area contributed by atoms with Gasteiger partial charge < -0.3 is 5.11 Å². The van der Waals surface area contributed by atoms with Crippen LogP contribution in [0.15, 0.2) is 41.3 Å². The summed E-state index contributed by atoms with van der Waals surface area (Å²) in [5.41, 5.74) is 1.95. The average Bonchev–Trinajstić information content (AvgIpc) is 2.43. The Morgan fingerprint density at radius 2 is 1.48 bits per heavy atom. The average molecular weight is 536 g/mol. The van der Waals surface area contributed by atoms with Gasteiger partial charge in [-0.05, 0) is 23.8 Å². The Morgan fingerprint density at radius 3 is 1.96 bits per heavy atom. The molecule has 0 saturated carbocycles. The van der Waals surface area contributed by atoms with E-state index in [9.17, 15) is 22.0 Å². The van der Waals surface area contributed by atoms with Gasteiger partial charge in [-0.15, -0.1) is 0 Å². The van der Waals surface area contributed by atoms with Crippen LogP contribution in [-0.4, -0.2) is 30.8 Å². The molecule has 0 aliphatic rings. The number of aromatic hydroxyl groups is 1. The quantitative estimate of drug-likeness (QED) is 0.214. The van der Waals surface area contributed by atoms with Gasteiger partial charge in [-0.25, -0.2) is 0 Å². The molecular weight excluding hydrogens is 523 g/mol. The third kappa shape index (κ3) is 9.73. The second kappa shape index (κ2) is 7.29. The number of benzene rings is 2. The van der Waals surface area contributed by atoms with Crippen LogP contribution in [0.1, 0.15) is 11.1 Å². The van der Waals surface area contributed by atoms with E-state index in [0.29, 0.717) is 11.4 Å². The first-order valence-electron chi connectivity index (χ1n) is 6.48. The van der Waals surface area contributed by atoms with E-state index >= 15 is 0 Å². The van der Waals surface area contributed by atoms with Gasteiger partial charge in [-0.3, -0.25) is 0 Å². The van der Waals surface area contributed by atoms with E-state index in [1.54, 1.807) is 6.07 Å². The number of phenolic OH excluding ortho intramolecular Hbond substituents is 1. The Balaban J connectivity index is 0.000000381. The molecule has 0 aromatic heterocycles. The summed E-state index contributed by atoms with van der Waals surface area (Å²) < 4.78 is 59.6. The summed E-state index contributed by atoms with van der Waals surface area (Å²) in [5, 5.41) is 10.8. The standard InChI is InChI=1S/C14H12Cl2OS.6FH.Sb/c1-18-13-7-6-12(17)14(16)10(13)8-9-4-2-3-5-11(9)15;;;;;;;/h2-7,17H,8H2,1H3;6*1H;/q;;;;;;;+5/p-5. The minimum absolute atomic E-state index is 0.117. The van der Waals surface area contributed by atoms with Gasteiger partial charge >= 0.3 is 36.4 Å². The molecule has 0 unspecified atom stereocenters. The molecule has 1 nitrogen and oxygen atoms in total. The predicted octanol–water partition coefficient (Wildman–Crippen LogP) is 6.23. The first-order chi connectivity index (χ1) is 11.1. The van der Waals surface area contributed by atoms with Crippen LogP contribution in [-0.2, 0) is 18.2 Å². The molecule has 0 atom stereocenters. The summed E-state index contributed by atoms with van der Waals surface area (Å²) >= 11 is 2.20. The van der Waals surface area contributed by atoms with Gasteiger partial charge in [0.2, 0.25) is 0 Å². The van der Waals surface area contributed by atoms with Crippen LogP contribution >= 0.6 is 23.2 Å². The summed E-state index contributed by atoms with van der Waals surface area (Å²) in [6.07, 6.45) is 2.67. The third-order valence-corrected chi connectivity index (χ3v) is 4.46. The minimum atomic E-state index is -11.2. The zero-order valence-corrected chi connectivity index (χ0v) is 17.5. The molecule has 2 aromatic rings. The van der Waals surface area contributed by atoms with Crippen molar-refractivity contribution in [3.63, 3.8) is 0 Å². The Kier molecular flexibility index (Phi) is 6.60. The summed E-state index contributed by atoms with van der Waals surface area (Å²) in [4.78, 5) is 1.11. The number of hydrogen-bond donors (Lipinski definition) is 1.